The molecular weight excluding hydrogens is 701 g/mol. The number of aliphatic hydroxyl groups is 1. The third-order valence-corrected chi connectivity index (χ3v) is 25.8. The Labute approximate surface area is 324 Å². The first-order valence-electron chi connectivity index (χ1n) is 19.9. The number of carbonyl (C=O) groups is 1. The van der Waals surface area contributed by atoms with Crippen molar-refractivity contribution >= 4 is 30.9 Å². The van der Waals surface area contributed by atoms with Crippen LogP contribution in [0.2, 0.25) is 54.4 Å². The van der Waals surface area contributed by atoms with E-state index in [1.165, 1.54) is 0 Å². The molecule has 10 heteroatoms. The first-order chi connectivity index (χ1) is 23.4. The van der Waals surface area contributed by atoms with Crippen LogP contribution in [0, 0.1) is 11.8 Å². The number of rotatable bonds is 20. The first kappa shape index (κ1) is 49.2. The van der Waals surface area contributed by atoms with E-state index in [-0.39, 0.29) is 57.3 Å². The van der Waals surface area contributed by atoms with E-state index in [0.717, 1.165) is 12.0 Å². The van der Waals surface area contributed by atoms with Gasteiger partial charge in [-0.15, -0.1) is 0 Å². The second-order valence-corrected chi connectivity index (χ2v) is 34.3. The lowest BCUT2D eigenvalue weighted by Crippen LogP contribution is -2.48. The van der Waals surface area contributed by atoms with Crippen LogP contribution in [-0.2, 0) is 27.5 Å². The number of epoxide rings is 1. The highest BCUT2D eigenvalue weighted by Crippen LogP contribution is 2.45. The predicted molar refractivity (Wildman–Crippen MR) is 227 cm³/mol. The lowest BCUT2D eigenvalue weighted by atomic mass is 9.95. The highest BCUT2D eigenvalue weighted by Gasteiger charge is 2.55. The van der Waals surface area contributed by atoms with E-state index in [0.29, 0.717) is 31.6 Å². The summed E-state index contributed by atoms with van der Waals surface area (Å²) in [7, 11) is -6.11. The maximum absolute atomic E-state index is 12.3. The second kappa shape index (κ2) is 19.3. The Morgan fingerprint density at radius 1 is 0.788 bits per heavy atom. The Hall–Kier alpha value is -0.859. The molecule has 0 aromatic rings. The Morgan fingerprint density at radius 3 is 1.79 bits per heavy atom. The topological polar surface area (TPSA) is 86.8 Å². The molecule has 1 rings (SSSR count). The molecule has 0 radical (unpaired) electrons. The minimum atomic E-state index is -2.17. The molecule has 0 unspecified atom stereocenters. The summed E-state index contributed by atoms with van der Waals surface area (Å²) in [5, 5.41) is 11.3. The van der Waals surface area contributed by atoms with Gasteiger partial charge in [-0.05, 0) is 106 Å². The fourth-order valence-corrected chi connectivity index (χ4v) is 9.09. The van der Waals surface area contributed by atoms with E-state index < -0.39 is 31.1 Å². The molecule has 1 aliphatic rings. The Balaban J connectivity index is 3.26. The van der Waals surface area contributed by atoms with Crippen molar-refractivity contribution in [2.24, 2.45) is 11.8 Å². The Kier molecular flexibility index (Phi) is 18.3. The monoisotopic (exact) mass is 783 g/mol. The summed E-state index contributed by atoms with van der Waals surface area (Å²) < 4.78 is 32.5. The van der Waals surface area contributed by atoms with Crippen LogP contribution in [0.15, 0.2) is 35.5 Å². The van der Waals surface area contributed by atoms with Crippen LogP contribution in [0.25, 0.3) is 0 Å². The summed E-state index contributed by atoms with van der Waals surface area (Å²) in [5.74, 6) is -0.109. The molecule has 0 amide bonds. The van der Waals surface area contributed by atoms with Gasteiger partial charge in [0, 0.05) is 18.1 Å². The Morgan fingerprint density at radius 2 is 1.29 bits per heavy atom. The van der Waals surface area contributed by atoms with Crippen LogP contribution < -0.4 is 0 Å². The largest absolute Gasteiger partial charge is 0.463 e. The average Bonchev–Trinajstić information content (AvgIpc) is 3.76. The molecule has 0 aliphatic carbocycles. The molecule has 0 aromatic heterocycles. The summed E-state index contributed by atoms with van der Waals surface area (Å²) in [5.41, 5.74) is 1.58. The highest BCUT2D eigenvalue weighted by atomic mass is 28.4. The van der Waals surface area contributed by atoms with Crippen molar-refractivity contribution in [2.75, 3.05) is 13.2 Å². The first-order valence-corrected chi connectivity index (χ1v) is 28.6. The van der Waals surface area contributed by atoms with Crippen molar-refractivity contribution in [3.05, 3.63) is 35.5 Å². The van der Waals surface area contributed by atoms with Gasteiger partial charge in [-0.25, -0.2) is 4.79 Å². The lowest BCUT2D eigenvalue weighted by Gasteiger charge is -2.41. The summed E-state index contributed by atoms with van der Waals surface area (Å²) in [4.78, 5) is 12.3. The maximum atomic E-state index is 12.3. The number of carbonyl (C=O) groups excluding carboxylic acids is 1. The Bertz CT molecular complexity index is 1220. The zero-order chi connectivity index (χ0) is 40.7. The second-order valence-electron chi connectivity index (χ2n) is 20.0. The fourth-order valence-electron chi connectivity index (χ4n) is 5.30. The number of esters is 1. The standard InChI is InChI=1S/C42H82O7Si3/c1-21-45-39(44)33(5)29-30(2)28-32(4)36(49-52(19,20)42(12,13)14)38-37(47-38)35(48-51(17,18)41(9,10)11)25-23-22-24-34(43)31(3)26-27-46-50(15,16)40(6,7)8/h22-23,28-29,31-32,34-38,43H,21,24-27H2,1-20H3/b23-22+,30-28+,33-29+/t31-,32+,34-,35+,36-,37-,38-/m0/s1. The quantitative estimate of drug-likeness (QED) is 0.0329. The van der Waals surface area contributed by atoms with E-state index in [9.17, 15) is 9.90 Å². The molecule has 304 valence electrons. The van der Waals surface area contributed by atoms with Gasteiger partial charge in [0.15, 0.2) is 25.0 Å². The fraction of sp³-hybridized carbons (Fsp3) is 0.833. The third kappa shape index (κ3) is 15.0. The van der Waals surface area contributed by atoms with E-state index in [2.05, 4.69) is 134 Å². The van der Waals surface area contributed by atoms with Gasteiger partial charge < -0.3 is 27.9 Å². The van der Waals surface area contributed by atoms with Crippen molar-refractivity contribution in [3.63, 3.8) is 0 Å². The van der Waals surface area contributed by atoms with Crippen LogP contribution in [0.3, 0.4) is 0 Å². The molecule has 52 heavy (non-hydrogen) atoms. The van der Waals surface area contributed by atoms with E-state index in [4.69, 9.17) is 22.8 Å². The van der Waals surface area contributed by atoms with Crippen LogP contribution in [0.4, 0.5) is 0 Å². The van der Waals surface area contributed by atoms with Gasteiger partial charge in [0.2, 0.25) is 0 Å². The van der Waals surface area contributed by atoms with Gasteiger partial charge in [0.25, 0.3) is 0 Å². The molecule has 0 saturated carbocycles. The van der Waals surface area contributed by atoms with Gasteiger partial charge in [-0.2, -0.15) is 0 Å². The average molecular weight is 783 g/mol. The molecule has 7 atom stereocenters. The van der Waals surface area contributed by atoms with Gasteiger partial charge in [-0.1, -0.05) is 100.0 Å². The predicted octanol–water partition coefficient (Wildman–Crippen LogP) is 11.4. The minimum Gasteiger partial charge on any atom is -0.463 e. The van der Waals surface area contributed by atoms with Crippen molar-refractivity contribution in [2.45, 2.75) is 201 Å². The van der Waals surface area contributed by atoms with Crippen LogP contribution >= 0.6 is 0 Å². The van der Waals surface area contributed by atoms with E-state index in [1.54, 1.807) is 6.92 Å². The SMILES string of the molecule is CCOC(=O)/C(C)=C/C(C)=C/[C@@H](C)[C@H](O[Si](C)(C)C(C)(C)C)[C@@H]1O[C@H]1[C@@H](C/C=C/C[C@H](O)[C@@H](C)CCO[Si](C)(C)C(C)(C)C)O[Si](C)(C)C(C)(C)C. The van der Waals surface area contributed by atoms with Crippen molar-refractivity contribution < 1.29 is 32.7 Å². The number of hydrogen-bond donors (Lipinski definition) is 1. The number of allylic oxidation sites excluding steroid dienone is 2. The van der Waals surface area contributed by atoms with Crippen LogP contribution in [-0.4, -0.2) is 79.8 Å². The maximum Gasteiger partial charge on any atom is 0.333 e. The summed E-state index contributed by atoms with van der Waals surface area (Å²) >= 11 is 0. The van der Waals surface area contributed by atoms with Crippen molar-refractivity contribution in [1.29, 1.82) is 0 Å². The minimum absolute atomic E-state index is 0.0309. The normalized spacial score (nSPS) is 21.6. The molecule has 0 bridgehead atoms. The lowest BCUT2D eigenvalue weighted by molar-refractivity contribution is -0.138. The third-order valence-electron chi connectivity index (χ3n) is 12.2. The van der Waals surface area contributed by atoms with Crippen LogP contribution in [0.1, 0.15) is 116 Å². The molecule has 7 nitrogen and oxygen atoms in total. The van der Waals surface area contributed by atoms with E-state index in [1.807, 2.05) is 19.9 Å². The van der Waals surface area contributed by atoms with Crippen molar-refractivity contribution in [1.82, 2.24) is 0 Å². The zero-order valence-electron chi connectivity index (χ0n) is 37.3. The number of aliphatic hydroxyl groups excluding tert-OH is 1. The van der Waals surface area contributed by atoms with Gasteiger partial charge in [-0.3, -0.25) is 0 Å². The van der Waals surface area contributed by atoms with Crippen molar-refractivity contribution in [3.8, 4) is 0 Å². The molecule has 0 aromatic carbocycles. The van der Waals surface area contributed by atoms with Crippen LogP contribution in [0.5, 0.6) is 0 Å². The molecule has 1 fully saturated rings. The summed E-state index contributed by atoms with van der Waals surface area (Å²) in [6, 6.07) is 0. The van der Waals surface area contributed by atoms with Gasteiger partial charge in [0.1, 0.15) is 12.2 Å². The molecule has 1 heterocycles. The highest BCUT2D eigenvalue weighted by molar-refractivity contribution is 6.75. The van der Waals surface area contributed by atoms with Gasteiger partial charge >= 0.3 is 5.97 Å². The molecular formula is C42H82O7Si3. The summed E-state index contributed by atoms with van der Waals surface area (Å²) in [6.07, 6.45) is 9.61. The molecule has 0 spiro atoms. The molecule has 1 saturated heterocycles. The number of ether oxygens (including phenoxy) is 2. The smallest absolute Gasteiger partial charge is 0.333 e. The molecule has 1 aliphatic heterocycles. The summed E-state index contributed by atoms with van der Waals surface area (Å²) in [6.45, 7) is 45.1. The number of hydrogen-bond acceptors (Lipinski definition) is 7. The van der Waals surface area contributed by atoms with E-state index >= 15 is 0 Å². The van der Waals surface area contributed by atoms with Gasteiger partial charge in [0.05, 0.1) is 24.9 Å². The molecule has 1 N–H and O–H groups in total. The zero-order valence-corrected chi connectivity index (χ0v) is 40.3.